The van der Waals surface area contributed by atoms with Crippen molar-refractivity contribution in [3.05, 3.63) is 34.9 Å². The first-order valence-corrected chi connectivity index (χ1v) is 11.6. The van der Waals surface area contributed by atoms with Gasteiger partial charge in [0.1, 0.15) is 0 Å². The topological polar surface area (TPSA) is 60.0 Å². The molecule has 2 N–H and O–H groups in total. The second kappa shape index (κ2) is 13.5. The van der Waals surface area contributed by atoms with E-state index in [0.29, 0.717) is 18.3 Å². The number of carbonyl (C=O) groups excluding carboxylic acids is 1. The van der Waals surface area contributed by atoms with Gasteiger partial charge in [0.25, 0.3) is 0 Å². The molecule has 0 spiro atoms. The predicted octanol–water partition coefficient (Wildman–Crippen LogP) is 3.59. The van der Waals surface area contributed by atoms with Gasteiger partial charge < -0.3 is 15.5 Å². The minimum atomic E-state index is 0. The average Bonchev–Trinajstić information content (AvgIpc) is 2.78. The fourth-order valence-electron chi connectivity index (χ4n) is 4.50. The van der Waals surface area contributed by atoms with E-state index < -0.39 is 0 Å². The van der Waals surface area contributed by atoms with Crippen LogP contribution in [0.25, 0.3) is 0 Å². The number of hydrogen-bond donors (Lipinski definition) is 2. The molecule has 0 unspecified atom stereocenters. The van der Waals surface area contributed by atoms with Crippen LogP contribution in [0.15, 0.2) is 29.3 Å². The van der Waals surface area contributed by atoms with Crippen molar-refractivity contribution in [1.82, 2.24) is 20.4 Å². The van der Waals surface area contributed by atoms with Gasteiger partial charge in [0.2, 0.25) is 5.91 Å². The molecule has 0 atom stereocenters. The van der Waals surface area contributed by atoms with E-state index in [1.165, 1.54) is 18.4 Å². The van der Waals surface area contributed by atoms with Crippen LogP contribution in [0.3, 0.4) is 0 Å². The zero-order chi connectivity index (χ0) is 21.3. The van der Waals surface area contributed by atoms with Crippen LogP contribution in [-0.4, -0.2) is 68.5 Å². The minimum absolute atomic E-state index is 0. The molecule has 2 fully saturated rings. The average molecular weight is 562 g/mol. The molecule has 0 bridgehead atoms. The maximum Gasteiger partial charge on any atom is 0.220 e. The molecule has 3 rings (SSSR count). The second-order valence-corrected chi connectivity index (χ2v) is 8.95. The number of nitrogens with zero attached hydrogens (tertiary/aromatic N) is 3. The van der Waals surface area contributed by atoms with Crippen LogP contribution in [0.2, 0.25) is 5.02 Å². The Bertz CT molecular complexity index is 716. The van der Waals surface area contributed by atoms with E-state index in [4.69, 9.17) is 11.6 Å². The fourth-order valence-corrected chi connectivity index (χ4v) is 4.69. The number of amides is 1. The van der Waals surface area contributed by atoms with Crippen LogP contribution in [-0.2, 0) is 11.3 Å². The van der Waals surface area contributed by atoms with Gasteiger partial charge in [-0.3, -0.25) is 14.7 Å². The molecule has 31 heavy (non-hydrogen) atoms. The maximum atomic E-state index is 11.6. The van der Waals surface area contributed by atoms with Crippen LogP contribution in [0.1, 0.15) is 37.7 Å². The fraction of sp³-hybridized carbons (Fsp3) is 0.652. The van der Waals surface area contributed by atoms with Gasteiger partial charge in [-0.15, -0.1) is 24.0 Å². The molecule has 2 aliphatic rings. The molecule has 1 amide bonds. The molecule has 1 aromatic rings. The standard InChI is InChI=1S/C23H36ClN5O.HI/c1-25-22(30)15-18-9-13-29(14-10-18)23(26-2)27-16-19-7-11-28(12-8-19)17-20-5-3-4-6-21(20)24;/h3-6,18-19H,7-17H2,1-2H3,(H,25,30)(H,26,27);1H. The van der Waals surface area contributed by atoms with Crippen molar-refractivity contribution in [1.29, 1.82) is 0 Å². The lowest BCUT2D eigenvalue weighted by atomic mass is 9.93. The zero-order valence-corrected chi connectivity index (χ0v) is 21.9. The Morgan fingerprint density at radius 1 is 1.10 bits per heavy atom. The van der Waals surface area contributed by atoms with Gasteiger partial charge in [-0.05, 0) is 62.2 Å². The summed E-state index contributed by atoms with van der Waals surface area (Å²) in [7, 11) is 3.58. The van der Waals surface area contributed by atoms with Gasteiger partial charge in [-0.1, -0.05) is 29.8 Å². The Labute approximate surface area is 209 Å². The molecule has 0 aromatic heterocycles. The summed E-state index contributed by atoms with van der Waals surface area (Å²) in [6.07, 6.45) is 5.14. The largest absolute Gasteiger partial charge is 0.359 e. The molecule has 0 radical (unpaired) electrons. The molecule has 2 saturated heterocycles. The van der Waals surface area contributed by atoms with E-state index in [-0.39, 0.29) is 29.9 Å². The third-order valence-electron chi connectivity index (χ3n) is 6.49. The molecule has 2 heterocycles. The quantitative estimate of drug-likeness (QED) is 0.317. The van der Waals surface area contributed by atoms with Crippen molar-refractivity contribution in [2.24, 2.45) is 16.8 Å². The number of carbonyl (C=O) groups is 1. The number of nitrogens with one attached hydrogen (secondary N) is 2. The van der Waals surface area contributed by atoms with Gasteiger partial charge in [0.15, 0.2) is 5.96 Å². The number of rotatable bonds is 6. The smallest absolute Gasteiger partial charge is 0.220 e. The van der Waals surface area contributed by atoms with Crippen LogP contribution >= 0.6 is 35.6 Å². The number of hydrogen-bond acceptors (Lipinski definition) is 3. The number of halogens is 2. The Kier molecular flexibility index (Phi) is 11.4. The van der Waals surface area contributed by atoms with Gasteiger partial charge in [0, 0.05) is 51.7 Å². The predicted molar refractivity (Wildman–Crippen MR) is 139 cm³/mol. The van der Waals surface area contributed by atoms with Gasteiger partial charge >= 0.3 is 0 Å². The Morgan fingerprint density at radius 3 is 2.35 bits per heavy atom. The lowest BCUT2D eigenvalue weighted by molar-refractivity contribution is -0.121. The summed E-state index contributed by atoms with van der Waals surface area (Å²) in [5.74, 6) is 2.32. The molecule has 6 nitrogen and oxygen atoms in total. The van der Waals surface area contributed by atoms with Crippen LogP contribution in [0.5, 0.6) is 0 Å². The SMILES string of the molecule is CN=C(NCC1CCN(Cc2ccccc2Cl)CC1)N1CCC(CC(=O)NC)CC1.I. The Balaban J connectivity index is 0.00000341. The van der Waals surface area contributed by atoms with Crippen molar-refractivity contribution >= 4 is 47.4 Å². The highest BCUT2D eigenvalue weighted by Crippen LogP contribution is 2.23. The van der Waals surface area contributed by atoms with E-state index in [0.717, 1.165) is 63.1 Å². The minimum Gasteiger partial charge on any atom is -0.359 e. The molecule has 8 heteroatoms. The highest BCUT2D eigenvalue weighted by atomic mass is 127. The number of likely N-dealkylation sites (tertiary alicyclic amines) is 2. The van der Waals surface area contributed by atoms with Gasteiger partial charge in [-0.2, -0.15) is 0 Å². The van der Waals surface area contributed by atoms with Crippen LogP contribution < -0.4 is 10.6 Å². The summed E-state index contributed by atoms with van der Waals surface area (Å²) < 4.78 is 0. The van der Waals surface area contributed by atoms with E-state index in [9.17, 15) is 4.79 Å². The summed E-state index contributed by atoms with van der Waals surface area (Å²) >= 11 is 6.31. The first-order valence-electron chi connectivity index (χ1n) is 11.2. The van der Waals surface area contributed by atoms with Crippen molar-refractivity contribution in [3.63, 3.8) is 0 Å². The van der Waals surface area contributed by atoms with Gasteiger partial charge in [0.05, 0.1) is 0 Å². The van der Waals surface area contributed by atoms with E-state index in [2.05, 4.69) is 37.6 Å². The summed E-state index contributed by atoms with van der Waals surface area (Å²) in [5.41, 5.74) is 1.22. The number of aliphatic imine (C=N–C) groups is 1. The molecule has 2 aliphatic heterocycles. The number of piperidine rings is 2. The van der Waals surface area contributed by atoms with Gasteiger partial charge in [-0.25, -0.2) is 0 Å². The van der Waals surface area contributed by atoms with Crippen molar-refractivity contribution in [2.75, 3.05) is 46.8 Å². The molecule has 0 saturated carbocycles. The highest BCUT2D eigenvalue weighted by Gasteiger charge is 2.24. The molecule has 1 aromatic carbocycles. The van der Waals surface area contributed by atoms with Crippen LogP contribution in [0, 0.1) is 11.8 Å². The third-order valence-corrected chi connectivity index (χ3v) is 6.86. The Hall–Kier alpha value is -1.06. The monoisotopic (exact) mass is 561 g/mol. The number of benzene rings is 1. The van der Waals surface area contributed by atoms with Crippen molar-refractivity contribution < 1.29 is 4.79 Å². The van der Waals surface area contributed by atoms with E-state index in [1.54, 1.807) is 7.05 Å². The summed E-state index contributed by atoms with van der Waals surface area (Å²) in [6, 6.07) is 8.14. The first kappa shape index (κ1) is 26.2. The summed E-state index contributed by atoms with van der Waals surface area (Å²) in [6.45, 7) is 6.08. The molecule has 0 aliphatic carbocycles. The lowest BCUT2D eigenvalue weighted by Gasteiger charge is -2.36. The zero-order valence-electron chi connectivity index (χ0n) is 18.8. The first-order chi connectivity index (χ1) is 14.6. The lowest BCUT2D eigenvalue weighted by Crippen LogP contribution is -2.48. The third kappa shape index (κ3) is 8.09. The summed E-state index contributed by atoms with van der Waals surface area (Å²) in [5, 5.41) is 7.21. The molecule has 174 valence electrons. The Morgan fingerprint density at radius 2 is 1.74 bits per heavy atom. The summed E-state index contributed by atoms with van der Waals surface area (Å²) in [4.78, 5) is 21.0. The van der Waals surface area contributed by atoms with Crippen molar-refractivity contribution in [2.45, 2.75) is 38.6 Å². The van der Waals surface area contributed by atoms with Crippen molar-refractivity contribution in [3.8, 4) is 0 Å². The normalized spacial score (nSPS) is 19.1. The van der Waals surface area contributed by atoms with E-state index >= 15 is 0 Å². The van der Waals surface area contributed by atoms with Crippen LogP contribution in [0.4, 0.5) is 0 Å². The molecular weight excluding hydrogens is 525 g/mol. The highest BCUT2D eigenvalue weighted by molar-refractivity contribution is 14.0. The maximum absolute atomic E-state index is 11.6. The van der Waals surface area contributed by atoms with E-state index in [1.807, 2.05) is 19.2 Å². The molecular formula is C23H37ClIN5O. The second-order valence-electron chi connectivity index (χ2n) is 8.55. The number of guanidine groups is 1.